The van der Waals surface area contributed by atoms with Crippen LogP contribution >= 0.6 is 0 Å². The zero-order valence-electron chi connectivity index (χ0n) is 10.4. The lowest BCUT2D eigenvalue weighted by Gasteiger charge is -2.22. The lowest BCUT2D eigenvalue weighted by atomic mass is 10.2. The summed E-state index contributed by atoms with van der Waals surface area (Å²) in [6.45, 7) is 4.44. The first kappa shape index (κ1) is 14.0. The second-order valence-corrected chi connectivity index (χ2v) is 3.63. The van der Waals surface area contributed by atoms with Crippen LogP contribution in [0.1, 0.15) is 19.4 Å². The smallest absolute Gasteiger partial charge is 0.325 e. The number of hydrogen-bond donors (Lipinski definition) is 0. The maximum Gasteiger partial charge on any atom is 0.325 e. The Morgan fingerprint density at radius 1 is 1.44 bits per heavy atom. The monoisotopic (exact) mass is 250 g/mol. The van der Waals surface area contributed by atoms with Crippen molar-refractivity contribution in [3.8, 4) is 6.07 Å². The molecule has 0 aliphatic rings. The molecule has 18 heavy (non-hydrogen) atoms. The molecule has 4 nitrogen and oxygen atoms in total. The molecule has 0 aliphatic carbocycles. The van der Waals surface area contributed by atoms with Gasteiger partial charge in [0.15, 0.2) is 0 Å². The van der Waals surface area contributed by atoms with Gasteiger partial charge in [0, 0.05) is 12.2 Å². The summed E-state index contributed by atoms with van der Waals surface area (Å²) in [6.07, 6.45) is 0. The maximum atomic E-state index is 13.3. The highest BCUT2D eigenvalue weighted by molar-refractivity contribution is 5.76. The zero-order chi connectivity index (χ0) is 13.5. The number of likely N-dealkylation sites (N-methyl/N-ethyl adjacent to an activating group) is 1. The van der Waals surface area contributed by atoms with Gasteiger partial charge in [0.05, 0.1) is 18.2 Å². The van der Waals surface area contributed by atoms with E-state index in [1.807, 2.05) is 13.0 Å². The molecule has 0 amide bonds. The van der Waals surface area contributed by atoms with Crippen molar-refractivity contribution in [3.05, 3.63) is 29.6 Å². The summed E-state index contributed by atoms with van der Waals surface area (Å²) in [5.74, 6) is -0.867. The van der Waals surface area contributed by atoms with E-state index in [1.54, 1.807) is 17.9 Å². The second-order valence-electron chi connectivity index (χ2n) is 3.63. The minimum Gasteiger partial charge on any atom is -0.465 e. The van der Waals surface area contributed by atoms with Gasteiger partial charge < -0.3 is 9.64 Å². The van der Waals surface area contributed by atoms with Crippen LogP contribution in [-0.4, -0.2) is 25.7 Å². The molecule has 0 atom stereocenters. The van der Waals surface area contributed by atoms with Gasteiger partial charge in [0.2, 0.25) is 0 Å². The van der Waals surface area contributed by atoms with Gasteiger partial charge in [-0.25, -0.2) is 4.39 Å². The Bertz CT molecular complexity index is 469. The van der Waals surface area contributed by atoms with Gasteiger partial charge in [0.1, 0.15) is 12.4 Å². The zero-order valence-corrected chi connectivity index (χ0v) is 10.4. The van der Waals surface area contributed by atoms with Crippen molar-refractivity contribution in [3.63, 3.8) is 0 Å². The highest BCUT2D eigenvalue weighted by Crippen LogP contribution is 2.18. The van der Waals surface area contributed by atoms with Crippen molar-refractivity contribution in [2.45, 2.75) is 13.8 Å². The van der Waals surface area contributed by atoms with E-state index >= 15 is 0 Å². The summed E-state index contributed by atoms with van der Waals surface area (Å²) < 4.78 is 18.1. The Labute approximate surface area is 106 Å². The van der Waals surface area contributed by atoms with Crippen LogP contribution in [0.3, 0.4) is 0 Å². The molecule has 0 saturated heterocycles. The molecule has 1 rings (SSSR count). The minimum absolute atomic E-state index is 0.0403. The second kappa shape index (κ2) is 6.60. The fourth-order valence-corrected chi connectivity index (χ4v) is 1.57. The van der Waals surface area contributed by atoms with Crippen molar-refractivity contribution in [1.29, 1.82) is 5.26 Å². The van der Waals surface area contributed by atoms with E-state index in [-0.39, 0.29) is 18.1 Å². The molecule has 0 aliphatic heterocycles. The van der Waals surface area contributed by atoms with Gasteiger partial charge in [-0.1, -0.05) is 0 Å². The fourth-order valence-electron chi connectivity index (χ4n) is 1.57. The highest BCUT2D eigenvalue weighted by Gasteiger charge is 2.12. The SMILES string of the molecule is CCOC(=O)CN(CC)c1cc(F)cc(C#N)c1. The largest absolute Gasteiger partial charge is 0.465 e. The van der Waals surface area contributed by atoms with Crippen LogP contribution in [0, 0.1) is 17.1 Å². The van der Waals surface area contributed by atoms with Gasteiger partial charge in [-0.15, -0.1) is 0 Å². The first-order valence-corrected chi connectivity index (χ1v) is 5.72. The van der Waals surface area contributed by atoms with Crippen LogP contribution in [0.5, 0.6) is 0 Å². The number of hydrogen-bond acceptors (Lipinski definition) is 4. The maximum absolute atomic E-state index is 13.3. The number of benzene rings is 1. The van der Waals surface area contributed by atoms with Gasteiger partial charge in [-0.3, -0.25) is 4.79 Å². The molecule has 0 fully saturated rings. The van der Waals surface area contributed by atoms with E-state index in [0.717, 1.165) is 6.07 Å². The van der Waals surface area contributed by atoms with Gasteiger partial charge >= 0.3 is 5.97 Å². The van der Waals surface area contributed by atoms with E-state index in [1.165, 1.54) is 6.07 Å². The Kier molecular flexibility index (Phi) is 5.12. The summed E-state index contributed by atoms with van der Waals surface area (Å²) in [7, 11) is 0. The third kappa shape index (κ3) is 3.74. The van der Waals surface area contributed by atoms with E-state index in [9.17, 15) is 9.18 Å². The van der Waals surface area contributed by atoms with E-state index in [2.05, 4.69) is 0 Å². The number of ether oxygens (including phenoxy) is 1. The van der Waals surface area contributed by atoms with Crippen LogP contribution in [-0.2, 0) is 9.53 Å². The van der Waals surface area contributed by atoms with Crippen LogP contribution in [0.2, 0.25) is 0 Å². The minimum atomic E-state index is -0.494. The Morgan fingerprint density at radius 3 is 2.72 bits per heavy atom. The molecule has 0 radical (unpaired) electrons. The molecular weight excluding hydrogens is 235 g/mol. The van der Waals surface area contributed by atoms with Crippen molar-refractivity contribution in [1.82, 2.24) is 0 Å². The molecule has 1 aromatic carbocycles. The standard InChI is InChI=1S/C13H15FN2O2/c1-3-16(9-13(17)18-4-2)12-6-10(8-15)5-11(14)7-12/h5-7H,3-4,9H2,1-2H3. The molecule has 0 N–H and O–H groups in total. The number of nitriles is 1. The number of esters is 1. The van der Waals surface area contributed by atoms with Crippen LogP contribution in [0.4, 0.5) is 10.1 Å². The fraction of sp³-hybridized carbons (Fsp3) is 0.385. The van der Waals surface area contributed by atoms with Crippen LogP contribution < -0.4 is 4.90 Å². The van der Waals surface area contributed by atoms with E-state index < -0.39 is 5.82 Å². The number of halogens is 1. The van der Waals surface area contributed by atoms with Crippen LogP contribution in [0.25, 0.3) is 0 Å². The molecule has 0 bridgehead atoms. The molecule has 0 heterocycles. The summed E-state index contributed by atoms with van der Waals surface area (Å²) in [6, 6.07) is 5.88. The van der Waals surface area contributed by atoms with Crippen molar-refractivity contribution in [2.75, 3.05) is 24.6 Å². The summed E-state index contributed by atoms with van der Waals surface area (Å²) in [5.41, 5.74) is 0.731. The number of anilines is 1. The van der Waals surface area contributed by atoms with E-state index in [0.29, 0.717) is 18.8 Å². The third-order valence-corrected chi connectivity index (χ3v) is 2.38. The summed E-state index contributed by atoms with van der Waals surface area (Å²) in [5, 5.41) is 8.78. The van der Waals surface area contributed by atoms with Gasteiger partial charge in [-0.2, -0.15) is 5.26 Å². The molecule has 0 spiro atoms. The Hall–Kier alpha value is -2.09. The van der Waals surface area contributed by atoms with Crippen molar-refractivity contribution < 1.29 is 13.9 Å². The number of rotatable bonds is 5. The first-order chi connectivity index (χ1) is 8.60. The van der Waals surface area contributed by atoms with Crippen LogP contribution in [0.15, 0.2) is 18.2 Å². The average Bonchev–Trinajstić information content (AvgIpc) is 2.35. The Morgan fingerprint density at radius 2 is 2.17 bits per heavy atom. The molecule has 96 valence electrons. The van der Waals surface area contributed by atoms with E-state index in [4.69, 9.17) is 10.00 Å². The summed E-state index contributed by atoms with van der Waals surface area (Å²) >= 11 is 0. The molecule has 0 saturated carbocycles. The van der Waals surface area contributed by atoms with Gasteiger partial charge in [-0.05, 0) is 32.0 Å². The number of carbonyl (C=O) groups excluding carboxylic acids is 1. The quantitative estimate of drug-likeness (QED) is 0.751. The molecule has 0 unspecified atom stereocenters. The molecular formula is C13H15FN2O2. The molecule has 0 aromatic heterocycles. The topological polar surface area (TPSA) is 53.3 Å². The lowest BCUT2D eigenvalue weighted by molar-refractivity contribution is -0.141. The van der Waals surface area contributed by atoms with Crippen molar-refractivity contribution in [2.24, 2.45) is 0 Å². The highest BCUT2D eigenvalue weighted by atomic mass is 19.1. The molecule has 1 aromatic rings. The third-order valence-electron chi connectivity index (χ3n) is 2.38. The predicted molar refractivity (Wildman–Crippen MR) is 65.6 cm³/mol. The van der Waals surface area contributed by atoms with Gasteiger partial charge in [0.25, 0.3) is 0 Å². The number of carbonyl (C=O) groups is 1. The average molecular weight is 250 g/mol. The lowest BCUT2D eigenvalue weighted by Crippen LogP contribution is -2.30. The summed E-state index contributed by atoms with van der Waals surface area (Å²) in [4.78, 5) is 13.1. The first-order valence-electron chi connectivity index (χ1n) is 5.72. The normalized spacial score (nSPS) is 9.67. The number of nitrogens with zero attached hydrogens (tertiary/aromatic N) is 2. The predicted octanol–water partition coefficient (Wildman–Crippen LogP) is 2.09. The Balaban J connectivity index is 2.91. The van der Waals surface area contributed by atoms with Crippen molar-refractivity contribution >= 4 is 11.7 Å². The molecule has 5 heteroatoms.